The van der Waals surface area contributed by atoms with Crippen LogP contribution in [-0.2, 0) is 16.0 Å². The average Bonchev–Trinajstić information content (AvgIpc) is 3.34. The summed E-state index contributed by atoms with van der Waals surface area (Å²) in [6.07, 6.45) is 9.58. The first-order chi connectivity index (χ1) is 30.5. The zero-order valence-electron chi connectivity index (χ0n) is 36.7. The minimum Gasteiger partial charge on any atom is -0.504 e. The lowest BCUT2D eigenvalue weighted by Crippen LogP contribution is -2.50. The second kappa shape index (κ2) is 19.9. The number of aliphatic hydroxyl groups excluding tert-OH is 3. The maximum Gasteiger partial charge on any atom is 0.160 e. The van der Waals surface area contributed by atoms with E-state index in [2.05, 4.69) is 52.5 Å². The number of nitrogens with one attached hydrogen (secondary N) is 1. The number of carbonyl (C=O) groups excluding carboxylic acids is 2. The minimum absolute atomic E-state index is 0.00696. The molecule has 334 valence electrons. The fraction of sp³-hybridized carbons (Fsp3) is 0.528. The standard InChI is InChI=1S/C53H65N3O7/c1-63-49-27-39-12-15-50(61)53(19-16-33(24-51(53)62)23-36(7-4-22-57)42-26-41-11-14-44(59)30-47(41)56-32-42)20-17-35(46(39)31-48(49)60)10-13-43(58)29-45(40-18-21-55-52(54)28-40)38-9-8-34-5-2-3-6-37(34)25-38/h2-3,5-6,8-9,18,21,25,27-28,31,33,35-36,41-43,45,47,51,56-58,60,62H,4,7,10-16,19,22-24,26,29-30,32H2,1H3,(H2,54,55)/t33-,35+,36+,41-,42+,43+,45+,47-,51-,53+/m1/s1. The van der Waals surface area contributed by atoms with Gasteiger partial charge in [-0.2, -0.15) is 0 Å². The number of carbonyl (C=O) groups is 2. The van der Waals surface area contributed by atoms with Gasteiger partial charge in [-0.1, -0.05) is 54.3 Å². The predicted octanol–water partition coefficient (Wildman–Crippen LogP) is 7.77. The third-order valence-corrected chi connectivity index (χ3v) is 15.3. The molecule has 0 unspecified atom stereocenters. The van der Waals surface area contributed by atoms with E-state index in [4.69, 9.17) is 10.5 Å². The van der Waals surface area contributed by atoms with Crippen LogP contribution in [0.1, 0.15) is 124 Å². The van der Waals surface area contributed by atoms with Gasteiger partial charge in [-0.25, -0.2) is 4.98 Å². The summed E-state index contributed by atoms with van der Waals surface area (Å²) in [5.74, 6) is 8.92. The normalized spacial score (nSPS) is 27.5. The third kappa shape index (κ3) is 10.1. The van der Waals surface area contributed by atoms with Gasteiger partial charge in [0.05, 0.1) is 19.3 Å². The molecule has 63 heavy (non-hydrogen) atoms. The van der Waals surface area contributed by atoms with E-state index >= 15 is 0 Å². The van der Waals surface area contributed by atoms with E-state index in [0.717, 1.165) is 78.1 Å². The highest BCUT2D eigenvalue weighted by Gasteiger charge is 2.48. The van der Waals surface area contributed by atoms with Crippen LogP contribution < -0.4 is 15.8 Å². The van der Waals surface area contributed by atoms with E-state index in [-0.39, 0.29) is 42.4 Å². The van der Waals surface area contributed by atoms with Crippen LogP contribution in [0.25, 0.3) is 10.8 Å². The van der Waals surface area contributed by atoms with Crippen LogP contribution >= 0.6 is 0 Å². The molecule has 3 fully saturated rings. The molecule has 10 nitrogen and oxygen atoms in total. The third-order valence-electron chi connectivity index (χ3n) is 15.3. The van der Waals surface area contributed by atoms with Crippen molar-refractivity contribution < 1.29 is 34.8 Å². The lowest BCUT2D eigenvalue weighted by Gasteiger charge is -2.44. The van der Waals surface area contributed by atoms with Crippen molar-refractivity contribution in [1.82, 2.24) is 10.3 Å². The molecule has 0 amide bonds. The fourth-order valence-electron chi connectivity index (χ4n) is 11.7. The number of benzene rings is 3. The molecular weight excluding hydrogens is 791 g/mol. The molecule has 7 N–H and O–H groups in total. The van der Waals surface area contributed by atoms with Crippen molar-refractivity contribution in [2.45, 2.75) is 126 Å². The Morgan fingerprint density at radius 3 is 2.60 bits per heavy atom. The second-order valence-corrected chi connectivity index (χ2v) is 19.1. The Labute approximate surface area is 372 Å². The number of nitrogens with zero attached hydrogens (tertiary/aromatic N) is 1. The Bertz CT molecular complexity index is 2320. The summed E-state index contributed by atoms with van der Waals surface area (Å²) in [5, 5.41) is 50.8. The van der Waals surface area contributed by atoms with Crippen molar-refractivity contribution in [1.29, 1.82) is 0 Å². The minimum atomic E-state index is -1.21. The van der Waals surface area contributed by atoms with Crippen molar-refractivity contribution in [3.63, 3.8) is 0 Å². The number of phenols is 1. The van der Waals surface area contributed by atoms with Crippen LogP contribution in [0.15, 0.2) is 72.9 Å². The molecule has 10 heteroatoms. The van der Waals surface area contributed by atoms with Gasteiger partial charge < -0.3 is 36.2 Å². The van der Waals surface area contributed by atoms with Crippen LogP contribution in [0.5, 0.6) is 11.5 Å². The van der Waals surface area contributed by atoms with Gasteiger partial charge in [-0.05, 0) is 165 Å². The smallest absolute Gasteiger partial charge is 0.160 e. The molecule has 8 rings (SSSR count). The zero-order chi connectivity index (χ0) is 44.1. The lowest BCUT2D eigenvalue weighted by molar-refractivity contribution is -0.134. The van der Waals surface area contributed by atoms with E-state index < -0.39 is 23.5 Å². The SMILES string of the molecule is COc1cc2c(cc1O)[C@@H](CC[C@H](O)C[C@H](c1ccnc(N)c1)c1ccc3ccccc3c1)C#C[C@@]1(CC[C@H](C[C@H](CCCO)[C@@H]3CN[C@@H]4CC(=O)CC[C@@H]4C3)C[C@H]1O)C(=O)CC2. The number of aromatic hydroxyl groups is 1. The summed E-state index contributed by atoms with van der Waals surface area (Å²) in [4.78, 5) is 30.8. The number of aromatic nitrogens is 1. The number of phenolic OH excluding ortho intramolecular Hbond substituents is 1. The largest absolute Gasteiger partial charge is 0.504 e. The molecule has 3 aromatic carbocycles. The first kappa shape index (κ1) is 44.8. The van der Waals surface area contributed by atoms with Gasteiger partial charge in [0.2, 0.25) is 0 Å². The van der Waals surface area contributed by atoms with E-state index in [1.54, 1.807) is 18.3 Å². The molecule has 1 aliphatic heterocycles. The summed E-state index contributed by atoms with van der Waals surface area (Å²) in [5.41, 5.74) is 8.68. The van der Waals surface area contributed by atoms with Crippen LogP contribution in [0, 0.1) is 40.9 Å². The number of anilines is 1. The maximum absolute atomic E-state index is 14.4. The molecule has 0 radical (unpaired) electrons. The number of fused-ring (bicyclic) bond motifs is 3. The maximum atomic E-state index is 14.4. The number of aryl methyl sites for hydroxylation is 1. The second-order valence-electron chi connectivity index (χ2n) is 19.1. The number of nitrogens with two attached hydrogens (primary N) is 1. The zero-order valence-corrected chi connectivity index (χ0v) is 36.7. The highest BCUT2D eigenvalue weighted by molar-refractivity contribution is 5.89. The van der Waals surface area contributed by atoms with Gasteiger partial charge in [0.15, 0.2) is 17.3 Å². The van der Waals surface area contributed by atoms with Crippen molar-refractivity contribution >= 4 is 28.2 Å². The molecule has 3 aliphatic carbocycles. The van der Waals surface area contributed by atoms with Crippen LogP contribution in [-0.4, -0.2) is 75.5 Å². The van der Waals surface area contributed by atoms with Gasteiger partial charge in [0, 0.05) is 49.9 Å². The number of nitrogen functional groups attached to an aromatic ring is 1. The fourth-order valence-corrected chi connectivity index (χ4v) is 11.7. The van der Waals surface area contributed by atoms with E-state index in [1.807, 2.05) is 24.3 Å². The number of piperidine rings is 1. The average molecular weight is 856 g/mol. The van der Waals surface area contributed by atoms with Gasteiger partial charge in [0.25, 0.3) is 0 Å². The van der Waals surface area contributed by atoms with Crippen LogP contribution in [0.2, 0.25) is 0 Å². The van der Waals surface area contributed by atoms with Crippen LogP contribution in [0.4, 0.5) is 5.82 Å². The summed E-state index contributed by atoms with van der Waals surface area (Å²) in [7, 11) is 1.51. The first-order valence-corrected chi connectivity index (χ1v) is 23.4. The monoisotopic (exact) mass is 855 g/mol. The summed E-state index contributed by atoms with van der Waals surface area (Å²) in [6, 6.07) is 22.2. The van der Waals surface area contributed by atoms with Crippen LogP contribution in [0.3, 0.4) is 0 Å². The Morgan fingerprint density at radius 1 is 0.984 bits per heavy atom. The number of rotatable bonds is 14. The molecule has 10 atom stereocenters. The summed E-state index contributed by atoms with van der Waals surface area (Å²) < 4.78 is 5.51. The predicted molar refractivity (Wildman–Crippen MR) is 245 cm³/mol. The van der Waals surface area contributed by atoms with Gasteiger partial charge in [-0.3, -0.25) is 9.59 Å². The van der Waals surface area contributed by atoms with E-state index in [1.165, 1.54) is 7.11 Å². The molecule has 4 aromatic rings. The number of ether oxygens (including phenoxy) is 1. The van der Waals surface area contributed by atoms with Crippen molar-refractivity contribution in [3.8, 4) is 23.3 Å². The number of pyridine rings is 1. The molecular formula is C53H65N3O7. The number of Topliss-reactive ketones (excluding diaryl/α,β-unsaturated/α-hetero) is 2. The summed E-state index contributed by atoms with van der Waals surface area (Å²) in [6.45, 7) is 1.01. The lowest BCUT2D eigenvalue weighted by atomic mass is 9.63. The first-order valence-electron chi connectivity index (χ1n) is 23.4. The Balaban J connectivity index is 1.02. The number of ketones is 2. The Hall–Kier alpha value is -4.79. The topological polar surface area (TPSA) is 175 Å². The van der Waals surface area contributed by atoms with E-state index in [9.17, 15) is 30.0 Å². The van der Waals surface area contributed by atoms with Gasteiger partial charge >= 0.3 is 0 Å². The van der Waals surface area contributed by atoms with Crippen molar-refractivity contribution in [2.24, 2.45) is 29.1 Å². The highest BCUT2D eigenvalue weighted by atomic mass is 16.5. The molecule has 1 aromatic heterocycles. The molecule has 2 heterocycles. The van der Waals surface area contributed by atoms with Gasteiger partial charge in [0.1, 0.15) is 17.0 Å². The molecule has 4 aliphatic rings. The highest BCUT2D eigenvalue weighted by Crippen LogP contribution is 2.47. The van der Waals surface area contributed by atoms with Crippen molar-refractivity contribution in [2.75, 3.05) is 26.0 Å². The number of hydrogen-bond donors (Lipinski definition) is 6. The number of hydrogen-bond acceptors (Lipinski definition) is 10. The quantitative estimate of drug-likeness (QED) is 0.0688. The van der Waals surface area contributed by atoms with Crippen molar-refractivity contribution in [3.05, 3.63) is 95.2 Å². The number of methoxy groups -OCH3 is 1. The number of aliphatic hydroxyl groups is 3. The Kier molecular flexibility index (Phi) is 14.2. The summed E-state index contributed by atoms with van der Waals surface area (Å²) >= 11 is 0. The Morgan fingerprint density at radius 2 is 1.81 bits per heavy atom. The van der Waals surface area contributed by atoms with Gasteiger partial charge in [-0.15, -0.1) is 0 Å². The molecule has 1 saturated heterocycles. The molecule has 2 saturated carbocycles. The molecule has 1 spiro atoms. The molecule has 0 bridgehead atoms. The van der Waals surface area contributed by atoms with E-state index in [0.29, 0.717) is 86.5 Å².